The Bertz CT molecular complexity index is 1140. The molecule has 0 spiro atoms. The lowest BCUT2D eigenvalue weighted by molar-refractivity contribution is 0.598. The highest BCUT2D eigenvalue weighted by Crippen LogP contribution is 2.22. The van der Waals surface area contributed by atoms with Gasteiger partial charge in [0.05, 0.1) is 17.4 Å². The van der Waals surface area contributed by atoms with E-state index in [9.17, 15) is 8.42 Å². The molecule has 1 aliphatic carbocycles. The van der Waals surface area contributed by atoms with Crippen LogP contribution >= 0.6 is 0 Å². The number of nitrogens with zero attached hydrogens (tertiary/aromatic N) is 3. The first-order chi connectivity index (χ1) is 13.8. The maximum atomic E-state index is 11.3. The van der Waals surface area contributed by atoms with Gasteiger partial charge in [0.25, 0.3) is 0 Å². The summed E-state index contributed by atoms with van der Waals surface area (Å²) < 4.78 is 22.7. The fourth-order valence-corrected chi connectivity index (χ4v) is 3.12. The first-order valence-electron chi connectivity index (χ1n) is 8.80. The van der Waals surface area contributed by atoms with Gasteiger partial charge in [-0.3, -0.25) is 0 Å². The Morgan fingerprint density at radius 2 is 2.00 bits per heavy atom. The van der Waals surface area contributed by atoms with E-state index in [1.165, 1.54) is 12.1 Å². The van der Waals surface area contributed by atoms with Crippen LogP contribution < -0.4 is 15.8 Å². The molecular formula is C20H20N6O2S. The largest absolute Gasteiger partial charge is 0.340 e. The Morgan fingerprint density at radius 1 is 1.24 bits per heavy atom. The highest BCUT2D eigenvalue weighted by atomic mass is 32.2. The highest BCUT2D eigenvalue weighted by molar-refractivity contribution is 7.89. The second-order valence-corrected chi connectivity index (χ2v) is 7.94. The number of nitrogens with one attached hydrogen (secondary N) is 2. The third-order valence-corrected chi connectivity index (χ3v) is 5.09. The van der Waals surface area contributed by atoms with E-state index >= 15 is 0 Å². The number of primary sulfonamides is 1. The second kappa shape index (κ2) is 8.68. The fourth-order valence-electron chi connectivity index (χ4n) is 2.60. The quantitative estimate of drug-likeness (QED) is 0.668. The number of aryl methyl sites for hydroxylation is 1. The molecule has 4 N–H and O–H groups in total. The molecule has 0 radical (unpaired) electrons. The van der Waals surface area contributed by atoms with E-state index in [4.69, 9.17) is 10.4 Å². The number of sulfonamides is 1. The number of rotatable bonds is 6. The van der Waals surface area contributed by atoms with Crippen LogP contribution in [-0.4, -0.2) is 18.4 Å². The van der Waals surface area contributed by atoms with Crippen molar-refractivity contribution in [1.82, 2.24) is 9.97 Å². The molecule has 0 atom stereocenters. The molecule has 0 unspecified atom stereocenters. The monoisotopic (exact) mass is 408 g/mol. The highest BCUT2D eigenvalue weighted by Gasteiger charge is 2.09. The van der Waals surface area contributed by atoms with Gasteiger partial charge in [0.2, 0.25) is 16.0 Å². The van der Waals surface area contributed by atoms with Crippen LogP contribution in [-0.2, 0) is 10.0 Å². The first kappa shape index (κ1) is 20.3. The van der Waals surface area contributed by atoms with E-state index in [1.807, 2.05) is 31.2 Å². The van der Waals surface area contributed by atoms with Gasteiger partial charge in [-0.25, -0.2) is 18.5 Å². The van der Waals surface area contributed by atoms with Crippen molar-refractivity contribution in [3.8, 4) is 6.07 Å². The summed E-state index contributed by atoms with van der Waals surface area (Å²) in [6.45, 7) is 1.90. The van der Waals surface area contributed by atoms with Gasteiger partial charge in [-0.05, 0) is 49.3 Å². The zero-order valence-corrected chi connectivity index (χ0v) is 16.6. The number of aromatic nitrogens is 2. The molecule has 2 aromatic rings. The first-order valence-corrected chi connectivity index (χ1v) is 10.3. The van der Waals surface area contributed by atoms with Gasteiger partial charge >= 0.3 is 0 Å². The predicted molar refractivity (Wildman–Crippen MR) is 112 cm³/mol. The van der Waals surface area contributed by atoms with Gasteiger partial charge in [-0.1, -0.05) is 18.2 Å². The smallest absolute Gasteiger partial charge is 0.238 e. The summed E-state index contributed by atoms with van der Waals surface area (Å²) in [6, 6.07) is 8.13. The molecule has 0 fully saturated rings. The molecule has 1 aliphatic rings. The predicted octanol–water partition coefficient (Wildman–Crippen LogP) is 3.27. The summed E-state index contributed by atoms with van der Waals surface area (Å²) in [5.74, 6) is 1.03. The van der Waals surface area contributed by atoms with Gasteiger partial charge < -0.3 is 10.6 Å². The standard InChI is InChI=1S/C20H20N6O2S/c1-14-13-23-20(25-17-8-10-18(11-9-17)29(22,27)28)26-19(14)24-16-6-4-15(5-7-16)3-2-12-21/h3-4,6-11,13H,2,5H2,1H3,(H2,22,27,28)(H2,23,24,25,26). The van der Waals surface area contributed by atoms with Crippen LogP contribution in [0.2, 0.25) is 0 Å². The van der Waals surface area contributed by atoms with Gasteiger partial charge in [0, 0.05) is 23.1 Å². The molecule has 0 saturated heterocycles. The average Bonchev–Trinajstić information content (AvgIpc) is 2.70. The van der Waals surface area contributed by atoms with Gasteiger partial charge in [0.1, 0.15) is 5.82 Å². The van der Waals surface area contributed by atoms with E-state index in [0.717, 1.165) is 23.3 Å². The molecule has 3 rings (SSSR count). The van der Waals surface area contributed by atoms with Crippen molar-refractivity contribution >= 4 is 27.5 Å². The summed E-state index contributed by atoms with van der Waals surface area (Å²) in [5, 5.41) is 20.1. The van der Waals surface area contributed by atoms with Crippen molar-refractivity contribution in [3.63, 3.8) is 0 Å². The number of allylic oxidation sites excluding steroid dienone is 5. The summed E-state index contributed by atoms with van der Waals surface area (Å²) in [7, 11) is -3.73. The van der Waals surface area contributed by atoms with E-state index in [0.29, 0.717) is 23.9 Å². The lowest BCUT2D eigenvalue weighted by Crippen LogP contribution is -2.12. The van der Waals surface area contributed by atoms with Crippen LogP contribution in [0, 0.1) is 18.3 Å². The van der Waals surface area contributed by atoms with Crippen LogP contribution in [0.15, 0.2) is 70.9 Å². The zero-order valence-electron chi connectivity index (χ0n) is 15.8. The van der Waals surface area contributed by atoms with Crippen molar-refractivity contribution in [3.05, 3.63) is 71.6 Å². The van der Waals surface area contributed by atoms with Crippen molar-refractivity contribution in [1.29, 1.82) is 5.26 Å². The van der Waals surface area contributed by atoms with Crippen LogP contribution in [0.5, 0.6) is 0 Å². The molecular weight excluding hydrogens is 388 g/mol. The second-order valence-electron chi connectivity index (χ2n) is 6.38. The number of nitrogens with two attached hydrogens (primary N) is 1. The minimum Gasteiger partial charge on any atom is -0.340 e. The summed E-state index contributed by atoms with van der Waals surface area (Å²) in [5.41, 5.74) is 3.52. The minimum absolute atomic E-state index is 0.0365. The normalized spacial score (nSPS) is 14.9. The number of hydrogen-bond acceptors (Lipinski definition) is 7. The molecule has 0 amide bonds. The molecule has 148 valence electrons. The fraction of sp³-hybridized carbons (Fsp3) is 0.150. The van der Waals surface area contributed by atoms with E-state index < -0.39 is 10.0 Å². The van der Waals surface area contributed by atoms with Crippen molar-refractivity contribution < 1.29 is 8.42 Å². The number of nitriles is 1. The van der Waals surface area contributed by atoms with E-state index in [2.05, 4.69) is 26.7 Å². The van der Waals surface area contributed by atoms with Gasteiger partial charge in [0.15, 0.2) is 0 Å². The molecule has 9 heteroatoms. The lowest BCUT2D eigenvalue weighted by atomic mass is 10.0. The number of anilines is 3. The third kappa shape index (κ3) is 5.51. The Morgan fingerprint density at radius 3 is 2.62 bits per heavy atom. The van der Waals surface area contributed by atoms with Crippen molar-refractivity contribution in [2.75, 3.05) is 10.6 Å². The molecule has 0 aliphatic heterocycles. The Labute approximate surface area is 169 Å². The van der Waals surface area contributed by atoms with Gasteiger partial charge in [-0.15, -0.1) is 0 Å². The van der Waals surface area contributed by atoms with E-state index in [-0.39, 0.29) is 4.90 Å². The number of benzene rings is 1. The van der Waals surface area contributed by atoms with Crippen LogP contribution in [0.1, 0.15) is 18.4 Å². The molecule has 1 aromatic carbocycles. The van der Waals surface area contributed by atoms with Crippen LogP contribution in [0.4, 0.5) is 17.5 Å². The summed E-state index contributed by atoms with van der Waals surface area (Å²) in [6.07, 6.45) is 10.7. The third-order valence-electron chi connectivity index (χ3n) is 4.16. The van der Waals surface area contributed by atoms with Crippen LogP contribution in [0.3, 0.4) is 0 Å². The van der Waals surface area contributed by atoms with Crippen molar-refractivity contribution in [2.24, 2.45) is 5.14 Å². The SMILES string of the molecule is Cc1cnc(Nc2ccc(S(N)(=O)=O)cc2)nc1NC1=CCC(=CCC#N)C=C1. The van der Waals surface area contributed by atoms with Gasteiger partial charge in [-0.2, -0.15) is 10.2 Å². The maximum Gasteiger partial charge on any atom is 0.238 e. The molecule has 1 aromatic heterocycles. The maximum absolute atomic E-state index is 11.3. The number of hydrogen-bond donors (Lipinski definition) is 3. The van der Waals surface area contributed by atoms with E-state index in [1.54, 1.807) is 18.3 Å². The minimum atomic E-state index is -3.73. The molecule has 1 heterocycles. The summed E-state index contributed by atoms with van der Waals surface area (Å²) in [4.78, 5) is 8.79. The Hall–Kier alpha value is -3.48. The summed E-state index contributed by atoms with van der Waals surface area (Å²) >= 11 is 0. The van der Waals surface area contributed by atoms with Crippen LogP contribution in [0.25, 0.3) is 0 Å². The Kier molecular flexibility index (Phi) is 6.07. The topological polar surface area (TPSA) is 134 Å². The average molecular weight is 408 g/mol. The zero-order chi connectivity index (χ0) is 20.9. The molecule has 0 saturated carbocycles. The lowest BCUT2D eigenvalue weighted by Gasteiger charge is -2.14. The Balaban J connectivity index is 1.71. The molecule has 8 nitrogen and oxygen atoms in total. The molecule has 0 bridgehead atoms. The van der Waals surface area contributed by atoms with Crippen molar-refractivity contribution in [2.45, 2.75) is 24.7 Å². The molecule has 29 heavy (non-hydrogen) atoms.